The van der Waals surface area contributed by atoms with Gasteiger partial charge < -0.3 is 4.74 Å². The van der Waals surface area contributed by atoms with E-state index in [0.717, 1.165) is 18.6 Å². The molecule has 0 unspecified atom stereocenters. The van der Waals surface area contributed by atoms with E-state index >= 15 is 0 Å². The molecular weight excluding hydrogens is 287 g/mol. The van der Waals surface area contributed by atoms with E-state index in [4.69, 9.17) is 27.9 Å². The predicted octanol–water partition coefficient (Wildman–Crippen LogP) is 3.66. The Bertz CT molecular complexity index is 476. The maximum atomic E-state index is 11.5. The molecule has 19 heavy (non-hydrogen) atoms. The van der Waals surface area contributed by atoms with Crippen LogP contribution in [0.25, 0.3) is 0 Å². The third-order valence-electron chi connectivity index (χ3n) is 2.24. The third kappa shape index (κ3) is 5.94. The number of carbonyl (C=O) groups is 1. The second-order valence-corrected chi connectivity index (χ2v) is 4.84. The molecule has 0 heterocycles. The quantitative estimate of drug-likeness (QED) is 0.644. The summed E-state index contributed by atoms with van der Waals surface area (Å²) in [4.78, 5) is 11.5. The lowest BCUT2D eigenvalue weighted by Gasteiger charge is -2.07. The van der Waals surface area contributed by atoms with Crippen molar-refractivity contribution < 1.29 is 9.53 Å². The van der Waals surface area contributed by atoms with Crippen LogP contribution < -0.4 is 10.2 Å². The minimum absolute atomic E-state index is 0.149. The Hall–Kier alpha value is -1.26. The number of ether oxygens (including phenoxy) is 1. The first-order valence-electron chi connectivity index (χ1n) is 5.92. The molecule has 0 aliphatic heterocycles. The van der Waals surface area contributed by atoms with E-state index in [9.17, 15) is 4.79 Å². The molecule has 0 bridgehead atoms. The maximum Gasteiger partial charge on any atom is 0.277 e. The molecule has 6 heteroatoms. The number of amides is 1. The smallest absolute Gasteiger partial charge is 0.277 e. The fourth-order valence-corrected chi connectivity index (χ4v) is 1.81. The number of carbonyl (C=O) groups excluding carboxylic acids is 1. The summed E-state index contributed by atoms with van der Waals surface area (Å²) in [6, 6.07) is 4.81. The molecule has 0 radical (unpaired) electrons. The van der Waals surface area contributed by atoms with Gasteiger partial charge in [-0.2, -0.15) is 5.10 Å². The average Bonchev–Trinajstić information content (AvgIpc) is 2.35. The molecule has 4 nitrogen and oxygen atoms in total. The van der Waals surface area contributed by atoms with E-state index in [-0.39, 0.29) is 12.5 Å². The van der Waals surface area contributed by atoms with Crippen LogP contribution in [0.5, 0.6) is 5.75 Å². The standard InChI is InChI=1S/C13H16Cl2N2O2/c1-3-4-9(2)16-17-13(18)8-19-12-6-5-10(14)7-11(12)15/h5-7H,3-4,8H2,1-2H3,(H,17,18)/b16-9-. The monoisotopic (exact) mass is 302 g/mol. The van der Waals surface area contributed by atoms with Crippen LogP contribution in [0.15, 0.2) is 23.3 Å². The zero-order valence-corrected chi connectivity index (χ0v) is 12.4. The van der Waals surface area contributed by atoms with Crippen molar-refractivity contribution in [3.63, 3.8) is 0 Å². The fraction of sp³-hybridized carbons (Fsp3) is 0.385. The highest BCUT2D eigenvalue weighted by atomic mass is 35.5. The molecule has 0 saturated heterocycles. The second kappa shape index (κ2) is 8.02. The molecule has 0 fully saturated rings. The summed E-state index contributed by atoms with van der Waals surface area (Å²) in [5.41, 5.74) is 3.30. The van der Waals surface area contributed by atoms with Crippen molar-refractivity contribution in [1.29, 1.82) is 0 Å². The van der Waals surface area contributed by atoms with E-state index in [1.54, 1.807) is 18.2 Å². The van der Waals surface area contributed by atoms with Crippen molar-refractivity contribution in [1.82, 2.24) is 5.43 Å². The molecule has 0 saturated carbocycles. The summed E-state index contributed by atoms with van der Waals surface area (Å²) < 4.78 is 5.27. The van der Waals surface area contributed by atoms with Crippen LogP contribution in [-0.4, -0.2) is 18.2 Å². The second-order valence-electron chi connectivity index (χ2n) is 4.00. The van der Waals surface area contributed by atoms with Gasteiger partial charge in [-0.3, -0.25) is 4.79 Å². The van der Waals surface area contributed by atoms with Gasteiger partial charge in [0.1, 0.15) is 5.75 Å². The van der Waals surface area contributed by atoms with E-state index in [1.807, 2.05) is 13.8 Å². The first-order chi connectivity index (χ1) is 9.02. The van der Waals surface area contributed by atoms with Crippen LogP contribution in [0.3, 0.4) is 0 Å². The minimum Gasteiger partial charge on any atom is -0.482 e. The number of hydrogen-bond acceptors (Lipinski definition) is 3. The van der Waals surface area contributed by atoms with Gasteiger partial charge in [0.15, 0.2) is 6.61 Å². The van der Waals surface area contributed by atoms with Gasteiger partial charge in [0.25, 0.3) is 5.91 Å². The van der Waals surface area contributed by atoms with Crippen molar-refractivity contribution in [2.24, 2.45) is 5.10 Å². The molecule has 0 spiro atoms. The molecule has 1 N–H and O–H groups in total. The van der Waals surface area contributed by atoms with Crippen LogP contribution in [0.4, 0.5) is 0 Å². The summed E-state index contributed by atoms with van der Waals surface area (Å²) in [6.45, 7) is 3.76. The normalized spacial score (nSPS) is 11.3. The number of benzene rings is 1. The number of hydrogen-bond donors (Lipinski definition) is 1. The largest absolute Gasteiger partial charge is 0.482 e. The van der Waals surface area contributed by atoms with E-state index in [1.165, 1.54) is 0 Å². The summed E-state index contributed by atoms with van der Waals surface area (Å²) >= 11 is 11.7. The molecule has 0 aliphatic carbocycles. The summed E-state index contributed by atoms with van der Waals surface area (Å²) in [6.07, 6.45) is 1.84. The van der Waals surface area contributed by atoms with Crippen molar-refractivity contribution >= 4 is 34.8 Å². The Morgan fingerprint density at radius 2 is 2.16 bits per heavy atom. The SMILES string of the molecule is CCC/C(C)=N\NC(=O)COc1ccc(Cl)cc1Cl. The maximum absolute atomic E-state index is 11.5. The zero-order valence-electron chi connectivity index (χ0n) is 10.9. The van der Waals surface area contributed by atoms with Gasteiger partial charge >= 0.3 is 0 Å². The molecule has 1 aromatic carbocycles. The van der Waals surface area contributed by atoms with Gasteiger partial charge in [0.2, 0.25) is 0 Å². The summed E-state index contributed by atoms with van der Waals surface area (Å²) in [5, 5.41) is 4.83. The van der Waals surface area contributed by atoms with Crippen LogP contribution >= 0.6 is 23.2 Å². The lowest BCUT2D eigenvalue weighted by atomic mass is 10.2. The van der Waals surface area contributed by atoms with Gasteiger partial charge in [0, 0.05) is 10.7 Å². The Morgan fingerprint density at radius 1 is 1.42 bits per heavy atom. The Morgan fingerprint density at radius 3 is 2.79 bits per heavy atom. The first-order valence-corrected chi connectivity index (χ1v) is 6.68. The van der Waals surface area contributed by atoms with Crippen LogP contribution in [0, 0.1) is 0 Å². The highest BCUT2D eigenvalue weighted by Crippen LogP contribution is 2.27. The van der Waals surface area contributed by atoms with Crippen LogP contribution in [0.2, 0.25) is 10.0 Å². The molecule has 0 aliphatic rings. The van der Waals surface area contributed by atoms with Gasteiger partial charge in [-0.1, -0.05) is 36.5 Å². The van der Waals surface area contributed by atoms with Gasteiger partial charge in [0.05, 0.1) is 5.02 Å². The van der Waals surface area contributed by atoms with E-state index in [0.29, 0.717) is 15.8 Å². The zero-order chi connectivity index (χ0) is 14.3. The van der Waals surface area contributed by atoms with E-state index in [2.05, 4.69) is 10.5 Å². The van der Waals surface area contributed by atoms with Crippen molar-refractivity contribution in [3.8, 4) is 5.75 Å². The highest BCUT2D eigenvalue weighted by Gasteiger charge is 2.06. The van der Waals surface area contributed by atoms with Gasteiger partial charge in [-0.25, -0.2) is 5.43 Å². The fourth-order valence-electron chi connectivity index (χ4n) is 1.34. The molecule has 0 aromatic heterocycles. The number of halogens is 2. The Kier molecular flexibility index (Phi) is 6.67. The molecule has 104 valence electrons. The molecular formula is C13H16Cl2N2O2. The topological polar surface area (TPSA) is 50.7 Å². The van der Waals surface area contributed by atoms with Crippen molar-refractivity contribution in [2.45, 2.75) is 26.7 Å². The predicted molar refractivity (Wildman–Crippen MR) is 78.1 cm³/mol. The molecule has 1 amide bonds. The number of rotatable bonds is 6. The lowest BCUT2D eigenvalue weighted by Crippen LogP contribution is -2.25. The third-order valence-corrected chi connectivity index (χ3v) is 2.77. The average molecular weight is 303 g/mol. The molecule has 0 atom stereocenters. The van der Waals surface area contributed by atoms with Crippen LogP contribution in [-0.2, 0) is 4.79 Å². The number of hydrazone groups is 1. The van der Waals surface area contributed by atoms with Crippen LogP contribution in [0.1, 0.15) is 26.7 Å². The highest BCUT2D eigenvalue weighted by molar-refractivity contribution is 6.35. The first kappa shape index (κ1) is 15.8. The summed E-state index contributed by atoms with van der Waals surface area (Å²) in [7, 11) is 0. The minimum atomic E-state index is -0.332. The molecule has 1 rings (SSSR count). The number of nitrogens with zero attached hydrogens (tertiary/aromatic N) is 1. The molecule has 1 aromatic rings. The lowest BCUT2D eigenvalue weighted by molar-refractivity contribution is -0.123. The van der Waals surface area contributed by atoms with Gasteiger partial charge in [-0.05, 0) is 31.5 Å². The Labute approximate surface area is 122 Å². The number of nitrogens with one attached hydrogen (secondary N) is 1. The summed E-state index contributed by atoms with van der Waals surface area (Å²) in [5.74, 6) is 0.0805. The van der Waals surface area contributed by atoms with Crippen molar-refractivity contribution in [2.75, 3.05) is 6.61 Å². The van der Waals surface area contributed by atoms with E-state index < -0.39 is 0 Å². The van der Waals surface area contributed by atoms with Crippen molar-refractivity contribution in [3.05, 3.63) is 28.2 Å². The Balaban J connectivity index is 2.44. The van der Waals surface area contributed by atoms with Gasteiger partial charge in [-0.15, -0.1) is 0 Å².